The highest BCUT2D eigenvalue weighted by Crippen LogP contribution is 2.30. The van der Waals surface area contributed by atoms with Crippen molar-refractivity contribution in [1.82, 2.24) is 0 Å². The Kier molecular flexibility index (Phi) is 5.90. The van der Waals surface area contributed by atoms with Crippen molar-refractivity contribution >= 4 is 5.69 Å². The molecule has 0 heterocycles. The fourth-order valence-corrected chi connectivity index (χ4v) is 3.67. The quantitative estimate of drug-likeness (QED) is 0.845. The minimum absolute atomic E-state index is 0.490. The molecule has 1 fully saturated rings. The van der Waals surface area contributed by atoms with E-state index in [0.29, 0.717) is 6.04 Å². The standard InChI is InChI=1S/C18H30N2/c1-3-20(18-12-8-7-9-15(18)2)17(14-19)13-16-10-5-4-6-11-16/h7-9,12,16-17H,3-6,10-11,13-14,19H2,1-2H3. The molecular formula is C18H30N2. The minimum Gasteiger partial charge on any atom is -0.367 e. The van der Waals surface area contributed by atoms with Crippen molar-refractivity contribution < 1.29 is 0 Å². The number of rotatable bonds is 6. The fourth-order valence-electron chi connectivity index (χ4n) is 3.67. The summed E-state index contributed by atoms with van der Waals surface area (Å²) in [5, 5.41) is 0. The zero-order valence-corrected chi connectivity index (χ0v) is 13.1. The maximum absolute atomic E-state index is 6.11. The van der Waals surface area contributed by atoms with E-state index < -0.39 is 0 Å². The molecule has 0 saturated heterocycles. The minimum atomic E-state index is 0.490. The Morgan fingerprint density at radius 1 is 1.20 bits per heavy atom. The summed E-state index contributed by atoms with van der Waals surface area (Å²) in [4.78, 5) is 2.52. The summed E-state index contributed by atoms with van der Waals surface area (Å²) in [6.45, 7) is 6.25. The maximum atomic E-state index is 6.11. The highest BCUT2D eigenvalue weighted by atomic mass is 15.2. The van der Waals surface area contributed by atoms with Gasteiger partial charge in [-0.25, -0.2) is 0 Å². The lowest BCUT2D eigenvalue weighted by Crippen LogP contribution is -2.42. The van der Waals surface area contributed by atoms with E-state index in [1.165, 1.54) is 49.8 Å². The van der Waals surface area contributed by atoms with Crippen LogP contribution in [0, 0.1) is 12.8 Å². The molecule has 1 aromatic rings. The summed E-state index contributed by atoms with van der Waals surface area (Å²) in [6.07, 6.45) is 8.33. The molecule has 2 N–H and O–H groups in total. The largest absolute Gasteiger partial charge is 0.367 e. The summed E-state index contributed by atoms with van der Waals surface area (Å²) in [7, 11) is 0. The van der Waals surface area contributed by atoms with Crippen LogP contribution in [0.3, 0.4) is 0 Å². The van der Waals surface area contributed by atoms with Crippen LogP contribution in [0.15, 0.2) is 24.3 Å². The summed E-state index contributed by atoms with van der Waals surface area (Å²) in [5.41, 5.74) is 8.83. The first-order chi connectivity index (χ1) is 9.76. The van der Waals surface area contributed by atoms with Gasteiger partial charge >= 0.3 is 0 Å². The Hall–Kier alpha value is -1.02. The topological polar surface area (TPSA) is 29.3 Å². The van der Waals surface area contributed by atoms with Gasteiger partial charge in [-0.05, 0) is 37.8 Å². The number of aryl methyl sites for hydroxylation is 1. The lowest BCUT2D eigenvalue weighted by Gasteiger charge is -2.36. The number of anilines is 1. The molecule has 0 radical (unpaired) electrons. The molecular weight excluding hydrogens is 244 g/mol. The van der Waals surface area contributed by atoms with Crippen molar-refractivity contribution in [2.24, 2.45) is 11.7 Å². The van der Waals surface area contributed by atoms with Crippen LogP contribution < -0.4 is 10.6 Å². The predicted molar refractivity (Wildman–Crippen MR) is 88.2 cm³/mol. The number of nitrogens with two attached hydrogens (primary N) is 1. The lowest BCUT2D eigenvalue weighted by molar-refractivity contribution is 0.313. The zero-order valence-electron chi connectivity index (χ0n) is 13.1. The first-order valence-corrected chi connectivity index (χ1v) is 8.28. The van der Waals surface area contributed by atoms with Crippen molar-refractivity contribution in [1.29, 1.82) is 0 Å². The van der Waals surface area contributed by atoms with Gasteiger partial charge in [-0.1, -0.05) is 50.3 Å². The second-order valence-corrected chi connectivity index (χ2v) is 6.20. The summed E-state index contributed by atoms with van der Waals surface area (Å²) >= 11 is 0. The van der Waals surface area contributed by atoms with Gasteiger partial charge in [0.15, 0.2) is 0 Å². The van der Waals surface area contributed by atoms with Crippen molar-refractivity contribution in [3.8, 4) is 0 Å². The van der Waals surface area contributed by atoms with E-state index in [0.717, 1.165) is 19.0 Å². The van der Waals surface area contributed by atoms with Gasteiger partial charge in [0.05, 0.1) is 0 Å². The van der Waals surface area contributed by atoms with Gasteiger partial charge in [-0.2, -0.15) is 0 Å². The van der Waals surface area contributed by atoms with E-state index in [-0.39, 0.29) is 0 Å². The molecule has 2 nitrogen and oxygen atoms in total. The van der Waals surface area contributed by atoms with E-state index in [4.69, 9.17) is 5.73 Å². The molecule has 0 spiro atoms. The average Bonchev–Trinajstić information content (AvgIpc) is 2.49. The van der Waals surface area contributed by atoms with Crippen LogP contribution in [0.25, 0.3) is 0 Å². The number of benzene rings is 1. The van der Waals surface area contributed by atoms with Gasteiger partial charge in [-0.3, -0.25) is 0 Å². The van der Waals surface area contributed by atoms with Crippen molar-refractivity contribution in [3.63, 3.8) is 0 Å². The molecule has 0 bridgehead atoms. The fraction of sp³-hybridized carbons (Fsp3) is 0.667. The van der Waals surface area contributed by atoms with E-state index in [2.05, 4.69) is 43.0 Å². The Bertz CT molecular complexity index is 396. The summed E-state index contributed by atoms with van der Waals surface area (Å²) in [5.74, 6) is 0.885. The number of para-hydroxylation sites is 1. The maximum Gasteiger partial charge on any atom is 0.0414 e. The molecule has 1 aromatic carbocycles. The smallest absolute Gasteiger partial charge is 0.0414 e. The molecule has 2 heteroatoms. The third-order valence-electron chi connectivity index (χ3n) is 4.81. The molecule has 2 rings (SSSR count). The number of likely N-dealkylation sites (N-methyl/N-ethyl adjacent to an activating group) is 1. The predicted octanol–water partition coefficient (Wildman–Crippen LogP) is 4.12. The normalized spacial score (nSPS) is 17.9. The number of hydrogen-bond acceptors (Lipinski definition) is 2. The number of hydrogen-bond donors (Lipinski definition) is 1. The van der Waals surface area contributed by atoms with E-state index in [1.54, 1.807) is 0 Å². The van der Waals surface area contributed by atoms with Gasteiger partial charge in [-0.15, -0.1) is 0 Å². The van der Waals surface area contributed by atoms with Gasteiger partial charge in [0.2, 0.25) is 0 Å². The molecule has 1 aliphatic carbocycles. The third kappa shape index (κ3) is 3.76. The molecule has 0 amide bonds. The molecule has 1 atom stereocenters. The van der Waals surface area contributed by atoms with Crippen LogP contribution in [0.4, 0.5) is 5.69 Å². The van der Waals surface area contributed by atoms with Gasteiger partial charge in [0, 0.05) is 24.8 Å². The van der Waals surface area contributed by atoms with Crippen molar-refractivity contribution in [2.75, 3.05) is 18.0 Å². The SMILES string of the molecule is CCN(c1ccccc1C)C(CN)CC1CCCCC1. The van der Waals surface area contributed by atoms with Crippen molar-refractivity contribution in [2.45, 2.75) is 58.4 Å². The van der Waals surface area contributed by atoms with Crippen LogP contribution in [0.1, 0.15) is 51.0 Å². The van der Waals surface area contributed by atoms with Crippen LogP contribution in [0.5, 0.6) is 0 Å². The molecule has 0 aliphatic heterocycles. The Morgan fingerprint density at radius 2 is 1.90 bits per heavy atom. The molecule has 20 heavy (non-hydrogen) atoms. The van der Waals surface area contributed by atoms with Crippen LogP contribution in [-0.2, 0) is 0 Å². The second kappa shape index (κ2) is 7.68. The molecule has 0 aromatic heterocycles. The monoisotopic (exact) mass is 274 g/mol. The van der Waals surface area contributed by atoms with Gasteiger partial charge in [0.1, 0.15) is 0 Å². The van der Waals surface area contributed by atoms with Crippen LogP contribution in [0.2, 0.25) is 0 Å². The lowest BCUT2D eigenvalue weighted by atomic mass is 9.84. The molecule has 1 unspecified atom stereocenters. The Morgan fingerprint density at radius 3 is 2.50 bits per heavy atom. The van der Waals surface area contributed by atoms with E-state index in [1.807, 2.05) is 0 Å². The number of nitrogens with zero attached hydrogens (tertiary/aromatic N) is 1. The second-order valence-electron chi connectivity index (χ2n) is 6.20. The average molecular weight is 274 g/mol. The summed E-state index contributed by atoms with van der Waals surface area (Å²) in [6, 6.07) is 9.18. The van der Waals surface area contributed by atoms with E-state index >= 15 is 0 Å². The van der Waals surface area contributed by atoms with Gasteiger partial charge in [0.25, 0.3) is 0 Å². The zero-order chi connectivity index (χ0) is 14.4. The van der Waals surface area contributed by atoms with E-state index in [9.17, 15) is 0 Å². The third-order valence-corrected chi connectivity index (χ3v) is 4.81. The highest BCUT2D eigenvalue weighted by molar-refractivity contribution is 5.53. The van der Waals surface area contributed by atoms with Crippen molar-refractivity contribution in [3.05, 3.63) is 29.8 Å². The summed E-state index contributed by atoms with van der Waals surface area (Å²) < 4.78 is 0. The first-order valence-electron chi connectivity index (χ1n) is 8.28. The van der Waals surface area contributed by atoms with Crippen LogP contribution >= 0.6 is 0 Å². The Labute approximate surface area is 124 Å². The van der Waals surface area contributed by atoms with Gasteiger partial charge < -0.3 is 10.6 Å². The molecule has 1 saturated carbocycles. The highest BCUT2D eigenvalue weighted by Gasteiger charge is 2.23. The molecule has 1 aliphatic rings. The Balaban J connectivity index is 2.08. The molecule has 112 valence electrons. The van der Waals surface area contributed by atoms with Crippen LogP contribution in [-0.4, -0.2) is 19.1 Å². The first kappa shape index (κ1) is 15.4.